The van der Waals surface area contributed by atoms with E-state index in [1.165, 1.54) is 0 Å². The zero-order valence-corrected chi connectivity index (χ0v) is 12.8. The van der Waals surface area contributed by atoms with Crippen LogP contribution in [0.25, 0.3) is 0 Å². The highest BCUT2D eigenvalue weighted by Gasteiger charge is 2.20. The van der Waals surface area contributed by atoms with Gasteiger partial charge in [-0.05, 0) is 38.6 Å². The fourth-order valence-electron chi connectivity index (χ4n) is 1.84. The van der Waals surface area contributed by atoms with Crippen LogP contribution < -0.4 is 14.8 Å². The number of thioether (sulfide) groups is 1. The third kappa shape index (κ3) is 3.81. The summed E-state index contributed by atoms with van der Waals surface area (Å²) in [6, 6.07) is 8.33. The standard InChI is InChI=1S/C15H20N2O2S/c1-15(11-16,17-2)6-9-20-12-4-5-13-14(10-12)19-8-3-7-18-13/h4-5,10,17H,3,6-9H2,1-2H3. The molecule has 108 valence electrons. The van der Waals surface area contributed by atoms with Gasteiger partial charge in [0.25, 0.3) is 0 Å². The lowest BCUT2D eigenvalue weighted by Gasteiger charge is -2.20. The van der Waals surface area contributed by atoms with E-state index in [2.05, 4.69) is 11.4 Å². The molecule has 2 rings (SSSR count). The Labute approximate surface area is 124 Å². The molecule has 0 aliphatic carbocycles. The van der Waals surface area contributed by atoms with Gasteiger partial charge in [-0.15, -0.1) is 11.8 Å². The second-order valence-corrected chi connectivity index (χ2v) is 6.12. The Hall–Kier alpha value is -1.38. The maximum absolute atomic E-state index is 9.11. The summed E-state index contributed by atoms with van der Waals surface area (Å²) in [4.78, 5) is 1.14. The van der Waals surface area contributed by atoms with Crippen molar-refractivity contribution in [2.75, 3.05) is 26.0 Å². The van der Waals surface area contributed by atoms with Crippen LogP contribution in [-0.2, 0) is 0 Å². The van der Waals surface area contributed by atoms with Crippen LogP contribution in [0.1, 0.15) is 19.8 Å². The van der Waals surface area contributed by atoms with Crippen molar-refractivity contribution in [3.8, 4) is 17.6 Å². The van der Waals surface area contributed by atoms with Gasteiger partial charge in [-0.2, -0.15) is 5.26 Å². The van der Waals surface area contributed by atoms with Crippen LogP contribution in [0.2, 0.25) is 0 Å². The van der Waals surface area contributed by atoms with Gasteiger partial charge in [0.1, 0.15) is 5.54 Å². The first kappa shape index (κ1) is 15.0. The summed E-state index contributed by atoms with van der Waals surface area (Å²) >= 11 is 1.73. The van der Waals surface area contributed by atoms with Crippen LogP contribution in [-0.4, -0.2) is 31.6 Å². The molecule has 0 radical (unpaired) electrons. The van der Waals surface area contributed by atoms with E-state index in [0.29, 0.717) is 13.2 Å². The van der Waals surface area contributed by atoms with Crippen molar-refractivity contribution < 1.29 is 9.47 Å². The number of fused-ring (bicyclic) bond motifs is 1. The van der Waals surface area contributed by atoms with Gasteiger partial charge in [-0.1, -0.05) is 0 Å². The summed E-state index contributed by atoms with van der Waals surface area (Å²) in [6.07, 6.45) is 1.71. The molecule has 0 amide bonds. The van der Waals surface area contributed by atoms with Gasteiger partial charge in [0.2, 0.25) is 0 Å². The van der Waals surface area contributed by atoms with Crippen molar-refractivity contribution in [1.29, 1.82) is 5.26 Å². The van der Waals surface area contributed by atoms with Gasteiger partial charge in [0.05, 0.1) is 19.3 Å². The maximum Gasteiger partial charge on any atom is 0.162 e. The highest BCUT2D eigenvalue weighted by atomic mass is 32.2. The lowest BCUT2D eigenvalue weighted by molar-refractivity contribution is 0.297. The van der Waals surface area contributed by atoms with E-state index >= 15 is 0 Å². The normalized spacial score (nSPS) is 16.9. The topological polar surface area (TPSA) is 54.3 Å². The molecule has 0 saturated carbocycles. The van der Waals surface area contributed by atoms with Crippen molar-refractivity contribution >= 4 is 11.8 Å². The van der Waals surface area contributed by atoms with E-state index in [0.717, 1.165) is 35.0 Å². The molecule has 1 aromatic rings. The minimum Gasteiger partial charge on any atom is -0.490 e. The van der Waals surface area contributed by atoms with Crippen LogP contribution in [0, 0.1) is 11.3 Å². The predicted octanol–water partition coefficient (Wildman–Crippen LogP) is 2.83. The number of nitrogens with one attached hydrogen (secondary N) is 1. The monoisotopic (exact) mass is 292 g/mol. The molecule has 0 fully saturated rings. The Bertz CT molecular complexity index is 501. The van der Waals surface area contributed by atoms with Gasteiger partial charge < -0.3 is 14.8 Å². The lowest BCUT2D eigenvalue weighted by Crippen LogP contribution is -2.38. The zero-order chi connectivity index (χ0) is 14.4. The summed E-state index contributed by atoms with van der Waals surface area (Å²) < 4.78 is 11.3. The molecule has 0 saturated heterocycles. The Balaban J connectivity index is 1.94. The molecule has 1 aliphatic rings. The average molecular weight is 292 g/mol. The van der Waals surface area contributed by atoms with E-state index in [1.54, 1.807) is 11.8 Å². The van der Waals surface area contributed by atoms with E-state index in [9.17, 15) is 0 Å². The number of nitriles is 1. The zero-order valence-electron chi connectivity index (χ0n) is 11.9. The summed E-state index contributed by atoms with van der Waals surface area (Å²) in [5, 5.41) is 12.2. The first-order chi connectivity index (χ1) is 9.67. The summed E-state index contributed by atoms with van der Waals surface area (Å²) in [6.45, 7) is 3.33. The highest BCUT2D eigenvalue weighted by molar-refractivity contribution is 7.99. The number of hydrogen-bond acceptors (Lipinski definition) is 5. The molecule has 5 heteroatoms. The molecule has 1 unspecified atom stereocenters. The third-order valence-corrected chi connectivity index (χ3v) is 4.38. The molecule has 0 spiro atoms. The fraction of sp³-hybridized carbons (Fsp3) is 0.533. The summed E-state index contributed by atoms with van der Waals surface area (Å²) in [7, 11) is 1.82. The first-order valence-electron chi connectivity index (χ1n) is 6.79. The van der Waals surface area contributed by atoms with Crippen LogP contribution in [0.5, 0.6) is 11.5 Å². The molecule has 1 aromatic carbocycles. The molecule has 1 aliphatic heterocycles. The van der Waals surface area contributed by atoms with E-state index in [-0.39, 0.29) is 0 Å². The van der Waals surface area contributed by atoms with Gasteiger partial charge in [0, 0.05) is 17.1 Å². The van der Waals surface area contributed by atoms with Crippen LogP contribution in [0.3, 0.4) is 0 Å². The van der Waals surface area contributed by atoms with Gasteiger partial charge in [-0.25, -0.2) is 0 Å². The molecule has 1 N–H and O–H groups in total. The second kappa shape index (κ2) is 6.87. The molecule has 1 heterocycles. The first-order valence-corrected chi connectivity index (χ1v) is 7.78. The van der Waals surface area contributed by atoms with Crippen LogP contribution in [0.4, 0.5) is 0 Å². The Morgan fingerprint density at radius 2 is 2.10 bits per heavy atom. The Morgan fingerprint density at radius 3 is 2.80 bits per heavy atom. The number of nitrogens with zero attached hydrogens (tertiary/aromatic N) is 1. The van der Waals surface area contributed by atoms with E-state index in [1.807, 2.05) is 32.2 Å². The number of hydrogen-bond donors (Lipinski definition) is 1. The molecular weight excluding hydrogens is 272 g/mol. The van der Waals surface area contributed by atoms with Crippen molar-refractivity contribution in [1.82, 2.24) is 5.32 Å². The van der Waals surface area contributed by atoms with Gasteiger partial charge in [0.15, 0.2) is 11.5 Å². The van der Waals surface area contributed by atoms with Crippen molar-refractivity contribution in [3.63, 3.8) is 0 Å². The van der Waals surface area contributed by atoms with Crippen molar-refractivity contribution in [3.05, 3.63) is 18.2 Å². The fourth-order valence-corrected chi connectivity index (χ4v) is 2.94. The molecule has 0 bridgehead atoms. The quantitative estimate of drug-likeness (QED) is 0.846. The minimum atomic E-state index is -0.460. The van der Waals surface area contributed by atoms with E-state index in [4.69, 9.17) is 14.7 Å². The SMILES string of the molecule is CNC(C)(C#N)CCSc1ccc2c(c1)OCCCO2. The van der Waals surface area contributed by atoms with Crippen molar-refractivity contribution in [2.45, 2.75) is 30.2 Å². The Kier molecular flexibility index (Phi) is 5.16. The predicted molar refractivity (Wildman–Crippen MR) is 80.5 cm³/mol. The number of ether oxygens (including phenoxy) is 2. The summed E-state index contributed by atoms with van der Waals surface area (Å²) in [5.74, 6) is 2.53. The lowest BCUT2D eigenvalue weighted by atomic mass is 10.0. The summed E-state index contributed by atoms with van der Waals surface area (Å²) in [5.41, 5.74) is -0.460. The average Bonchev–Trinajstić information content (AvgIpc) is 2.72. The second-order valence-electron chi connectivity index (χ2n) is 4.95. The van der Waals surface area contributed by atoms with E-state index < -0.39 is 5.54 Å². The Morgan fingerprint density at radius 1 is 1.35 bits per heavy atom. The van der Waals surface area contributed by atoms with Crippen LogP contribution in [0.15, 0.2) is 23.1 Å². The van der Waals surface area contributed by atoms with Crippen LogP contribution >= 0.6 is 11.8 Å². The highest BCUT2D eigenvalue weighted by Crippen LogP contribution is 2.34. The number of benzene rings is 1. The molecule has 0 aromatic heterocycles. The maximum atomic E-state index is 9.11. The molecule has 20 heavy (non-hydrogen) atoms. The minimum absolute atomic E-state index is 0.460. The van der Waals surface area contributed by atoms with Gasteiger partial charge in [-0.3, -0.25) is 0 Å². The third-order valence-electron chi connectivity index (χ3n) is 3.39. The largest absolute Gasteiger partial charge is 0.490 e. The van der Waals surface area contributed by atoms with Gasteiger partial charge >= 0.3 is 0 Å². The van der Waals surface area contributed by atoms with Crippen molar-refractivity contribution in [2.24, 2.45) is 0 Å². The smallest absolute Gasteiger partial charge is 0.162 e. The molecule has 4 nitrogen and oxygen atoms in total. The molecular formula is C15H20N2O2S. The number of rotatable bonds is 5. The molecule has 1 atom stereocenters.